The minimum Gasteiger partial charge on any atom is -0.360 e. The fraction of sp³-hybridized carbons (Fsp3) is 0.211. The second-order valence-electron chi connectivity index (χ2n) is 5.97. The van der Waals surface area contributed by atoms with Crippen molar-refractivity contribution >= 4 is 10.0 Å². The summed E-state index contributed by atoms with van der Waals surface area (Å²) in [6, 6.07) is 16.8. The number of aryl methyl sites for hydroxylation is 3. The van der Waals surface area contributed by atoms with Gasteiger partial charge in [0.15, 0.2) is 5.76 Å². The first-order valence-electron chi connectivity index (χ1n) is 7.96. The molecular formula is C19H20N2O3S. The summed E-state index contributed by atoms with van der Waals surface area (Å²) in [5.74, 6) is 0.279. The number of nitrogens with one attached hydrogen (secondary N) is 1. The van der Waals surface area contributed by atoms with Crippen LogP contribution in [0, 0.1) is 20.8 Å². The molecule has 0 saturated carbocycles. The third kappa shape index (κ3) is 3.50. The first kappa shape index (κ1) is 17.4. The Kier molecular flexibility index (Phi) is 4.74. The van der Waals surface area contributed by atoms with E-state index >= 15 is 0 Å². The molecule has 1 atom stereocenters. The molecule has 0 spiro atoms. The van der Waals surface area contributed by atoms with Gasteiger partial charge < -0.3 is 4.52 Å². The van der Waals surface area contributed by atoms with Crippen molar-refractivity contribution in [2.75, 3.05) is 0 Å². The minimum absolute atomic E-state index is 0.0991. The predicted octanol–water partition coefficient (Wildman–Crippen LogP) is 3.67. The van der Waals surface area contributed by atoms with Crippen molar-refractivity contribution in [1.29, 1.82) is 0 Å². The molecule has 0 saturated heterocycles. The van der Waals surface area contributed by atoms with Crippen LogP contribution in [-0.2, 0) is 10.0 Å². The zero-order chi connectivity index (χ0) is 18.0. The average molecular weight is 356 g/mol. The SMILES string of the molecule is Cc1ccccc1[C@H](NS(=O)(=O)c1c(C)noc1C)c1ccccc1. The van der Waals surface area contributed by atoms with Crippen LogP contribution in [0.25, 0.3) is 0 Å². The highest BCUT2D eigenvalue weighted by Crippen LogP contribution is 2.28. The predicted molar refractivity (Wildman–Crippen MR) is 95.8 cm³/mol. The number of rotatable bonds is 5. The highest BCUT2D eigenvalue weighted by atomic mass is 32.2. The highest BCUT2D eigenvalue weighted by molar-refractivity contribution is 7.89. The number of hydrogen-bond donors (Lipinski definition) is 1. The zero-order valence-electron chi connectivity index (χ0n) is 14.4. The van der Waals surface area contributed by atoms with Crippen molar-refractivity contribution in [3.8, 4) is 0 Å². The standard InChI is InChI=1S/C19H20N2O3S/c1-13-9-7-8-12-17(13)18(16-10-5-4-6-11-16)21-25(22,23)19-14(2)20-24-15(19)3/h4-12,18,21H,1-3H3/t18-/m1/s1. The van der Waals surface area contributed by atoms with E-state index in [1.807, 2.05) is 61.5 Å². The number of sulfonamides is 1. The smallest absolute Gasteiger partial charge is 0.246 e. The van der Waals surface area contributed by atoms with Crippen molar-refractivity contribution in [3.05, 3.63) is 82.7 Å². The molecule has 2 aromatic carbocycles. The van der Waals surface area contributed by atoms with Gasteiger partial charge in [-0.25, -0.2) is 8.42 Å². The summed E-state index contributed by atoms with van der Waals surface area (Å²) in [6.45, 7) is 5.19. The molecule has 0 unspecified atom stereocenters. The van der Waals surface area contributed by atoms with Crippen molar-refractivity contribution in [1.82, 2.24) is 9.88 Å². The van der Waals surface area contributed by atoms with Gasteiger partial charge in [-0.2, -0.15) is 4.72 Å². The maximum absolute atomic E-state index is 13.0. The molecule has 0 aliphatic carbocycles. The Bertz CT molecular complexity index is 959. The van der Waals surface area contributed by atoms with Crippen molar-refractivity contribution in [2.24, 2.45) is 0 Å². The molecule has 3 rings (SSSR count). The van der Waals surface area contributed by atoms with E-state index in [0.29, 0.717) is 5.69 Å². The first-order chi connectivity index (χ1) is 11.9. The van der Waals surface area contributed by atoms with Crippen molar-refractivity contribution in [3.63, 3.8) is 0 Å². The lowest BCUT2D eigenvalue weighted by Crippen LogP contribution is -2.30. The van der Waals surface area contributed by atoms with Gasteiger partial charge in [0.25, 0.3) is 0 Å². The molecule has 25 heavy (non-hydrogen) atoms. The first-order valence-corrected chi connectivity index (χ1v) is 9.44. The molecule has 0 fully saturated rings. The molecule has 130 valence electrons. The van der Waals surface area contributed by atoms with E-state index in [9.17, 15) is 8.42 Å². The second kappa shape index (κ2) is 6.82. The van der Waals surface area contributed by atoms with Crippen molar-refractivity contribution in [2.45, 2.75) is 31.7 Å². The molecule has 0 radical (unpaired) electrons. The molecule has 0 aliphatic heterocycles. The average Bonchev–Trinajstić information content (AvgIpc) is 2.94. The third-order valence-electron chi connectivity index (χ3n) is 4.14. The molecule has 0 amide bonds. The molecule has 0 aliphatic rings. The Morgan fingerprint density at radius 3 is 2.20 bits per heavy atom. The summed E-state index contributed by atoms with van der Waals surface area (Å²) in [4.78, 5) is 0.0991. The van der Waals surface area contributed by atoms with Crippen LogP contribution in [0.5, 0.6) is 0 Å². The molecule has 6 heteroatoms. The fourth-order valence-electron chi connectivity index (χ4n) is 2.94. The van der Waals surface area contributed by atoms with Gasteiger partial charge in [-0.3, -0.25) is 0 Å². The van der Waals surface area contributed by atoms with Crippen LogP contribution in [0.1, 0.15) is 34.2 Å². The van der Waals surface area contributed by atoms with Crippen LogP contribution < -0.4 is 4.72 Å². The van der Waals surface area contributed by atoms with Gasteiger partial charge in [0.2, 0.25) is 10.0 Å². The number of nitrogens with zero attached hydrogens (tertiary/aromatic N) is 1. The van der Waals surface area contributed by atoms with Crippen LogP contribution in [0.15, 0.2) is 64.0 Å². The van der Waals surface area contributed by atoms with Crippen LogP contribution in [0.2, 0.25) is 0 Å². The third-order valence-corrected chi connectivity index (χ3v) is 5.81. The maximum atomic E-state index is 13.0. The Hall–Kier alpha value is -2.44. The van der Waals surface area contributed by atoms with E-state index in [-0.39, 0.29) is 10.7 Å². The molecular weight excluding hydrogens is 336 g/mol. The maximum Gasteiger partial charge on any atom is 0.246 e. The summed E-state index contributed by atoms with van der Waals surface area (Å²) in [6.07, 6.45) is 0. The van der Waals surface area contributed by atoms with E-state index in [1.165, 1.54) is 0 Å². The summed E-state index contributed by atoms with van der Waals surface area (Å²) in [5.41, 5.74) is 3.13. The van der Waals surface area contributed by atoms with E-state index in [0.717, 1.165) is 16.7 Å². The summed E-state index contributed by atoms with van der Waals surface area (Å²) in [7, 11) is -3.80. The van der Waals surface area contributed by atoms with Crippen LogP contribution >= 0.6 is 0 Å². The van der Waals surface area contributed by atoms with Gasteiger partial charge in [0.1, 0.15) is 10.6 Å². The van der Waals surface area contributed by atoms with Gasteiger partial charge in [-0.05, 0) is 37.5 Å². The Morgan fingerprint density at radius 1 is 0.960 bits per heavy atom. The van der Waals surface area contributed by atoms with Gasteiger partial charge in [0.05, 0.1) is 6.04 Å². The van der Waals surface area contributed by atoms with Crippen LogP contribution in [-0.4, -0.2) is 13.6 Å². The van der Waals surface area contributed by atoms with Crippen molar-refractivity contribution < 1.29 is 12.9 Å². The van der Waals surface area contributed by atoms with Gasteiger partial charge >= 0.3 is 0 Å². The monoisotopic (exact) mass is 356 g/mol. The summed E-state index contributed by atoms with van der Waals surface area (Å²) >= 11 is 0. The Labute approximate surface area is 147 Å². The fourth-order valence-corrected chi connectivity index (χ4v) is 4.47. The quantitative estimate of drug-likeness (QED) is 0.757. The van der Waals surface area contributed by atoms with Gasteiger partial charge in [-0.15, -0.1) is 0 Å². The Balaban J connectivity index is 2.09. The lowest BCUT2D eigenvalue weighted by Gasteiger charge is -2.21. The van der Waals surface area contributed by atoms with E-state index in [2.05, 4.69) is 9.88 Å². The normalized spacial score (nSPS) is 12.9. The van der Waals surface area contributed by atoms with Crippen LogP contribution in [0.4, 0.5) is 0 Å². The number of aromatic nitrogens is 1. The van der Waals surface area contributed by atoms with E-state index in [4.69, 9.17) is 4.52 Å². The highest BCUT2D eigenvalue weighted by Gasteiger charge is 2.29. The second-order valence-corrected chi connectivity index (χ2v) is 7.63. The minimum atomic E-state index is -3.80. The number of hydrogen-bond acceptors (Lipinski definition) is 4. The van der Waals surface area contributed by atoms with Crippen LogP contribution in [0.3, 0.4) is 0 Å². The molecule has 3 aromatic rings. The van der Waals surface area contributed by atoms with E-state index in [1.54, 1.807) is 13.8 Å². The summed E-state index contributed by atoms with van der Waals surface area (Å²) in [5, 5.41) is 3.76. The molecule has 5 nitrogen and oxygen atoms in total. The molecule has 1 N–H and O–H groups in total. The Morgan fingerprint density at radius 2 is 1.60 bits per heavy atom. The lowest BCUT2D eigenvalue weighted by molar-refractivity contribution is 0.390. The largest absolute Gasteiger partial charge is 0.360 e. The lowest BCUT2D eigenvalue weighted by atomic mass is 9.96. The van der Waals surface area contributed by atoms with Gasteiger partial charge in [0, 0.05) is 0 Å². The topological polar surface area (TPSA) is 72.2 Å². The molecule has 0 bridgehead atoms. The molecule has 1 heterocycles. The summed E-state index contributed by atoms with van der Waals surface area (Å²) < 4.78 is 33.8. The number of benzene rings is 2. The zero-order valence-corrected chi connectivity index (χ0v) is 15.2. The van der Waals surface area contributed by atoms with Gasteiger partial charge in [-0.1, -0.05) is 59.8 Å². The molecule has 1 aromatic heterocycles. The van der Waals surface area contributed by atoms with E-state index < -0.39 is 16.1 Å².